The predicted octanol–water partition coefficient (Wildman–Crippen LogP) is 7.91. The van der Waals surface area contributed by atoms with Crippen LogP contribution in [0.3, 0.4) is 0 Å². The normalized spacial score (nSPS) is 21.7. The van der Waals surface area contributed by atoms with Crippen molar-refractivity contribution in [3.05, 3.63) is 76.5 Å². The van der Waals surface area contributed by atoms with Gasteiger partial charge in [0.1, 0.15) is 11.9 Å². The van der Waals surface area contributed by atoms with Gasteiger partial charge in [-0.25, -0.2) is 13.8 Å². The van der Waals surface area contributed by atoms with Crippen LogP contribution in [0.15, 0.2) is 42.6 Å². The maximum Gasteiger partial charge on any atom is 0.306 e. The number of aliphatic carboxylic acids is 1. The highest BCUT2D eigenvalue weighted by Crippen LogP contribution is 2.40. The van der Waals surface area contributed by atoms with Crippen molar-refractivity contribution in [3.8, 4) is 22.8 Å². The zero-order chi connectivity index (χ0) is 30.7. The summed E-state index contributed by atoms with van der Waals surface area (Å²) in [5.74, 6) is -2.05. The number of fused-ring (bicyclic) bond motifs is 1. The van der Waals surface area contributed by atoms with Gasteiger partial charge in [0.05, 0.1) is 19.2 Å². The maximum atomic E-state index is 15.5. The van der Waals surface area contributed by atoms with Gasteiger partial charge in [-0.3, -0.25) is 9.69 Å². The van der Waals surface area contributed by atoms with Crippen molar-refractivity contribution in [1.29, 1.82) is 0 Å². The Balaban J connectivity index is 0.00000115. The van der Waals surface area contributed by atoms with Gasteiger partial charge in [0.15, 0.2) is 11.6 Å². The van der Waals surface area contributed by atoms with Crippen molar-refractivity contribution in [1.82, 2.24) is 9.88 Å². The summed E-state index contributed by atoms with van der Waals surface area (Å²) in [5.41, 5.74) is 4.16. The second kappa shape index (κ2) is 13.4. The Morgan fingerprint density at radius 1 is 1.05 bits per heavy atom. The average Bonchev–Trinajstić information content (AvgIpc) is 3.86. The topological polar surface area (TPSA) is 71.9 Å². The number of aryl methyl sites for hydroxylation is 1. The minimum Gasteiger partial charge on any atom is -0.482 e. The van der Waals surface area contributed by atoms with Gasteiger partial charge in [-0.05, 0) is 73.8 Å². The highest BCUT2D eigenvalue weighted by molar-refractivity contribution is 5.70. The number of hydrogen-bond acceptors (Lipinski definition) is 5. The van der Waals surface area contributed by atoms with Crippen LogP contribution in [0.5, 0.6) is 11.6 Å². The van der Waals surface area contributed by atoms with E-state index in [1.54, 1.807) is 19.1 Å². The fraction of sp³-hybridized carbons (Fsp3) is 0.486. The molecule has 1 aromatic heterocycles. The highest BCUT2D eigenvalue weighted by Gasteiger charge is 2.30. The molecule has 2 aliphatic heterocycles. The molecule has 2 fully saturated rings. The number of pyridine rings is 1. The molecule has 6 rings (SSSR count). The summed E-state index contributed by atoms with van der Waals surface area (Å²) in [5, 5.41) is 9.28. The van der Waals surface area contributed by atoms with Gasteiger partial charge in [0.2, 0.25) is 5.88 Å². The highest BCUT2D eigenvalue weighted by atomic mass is 19.1. The number of aromatic nitrogens is 1. The van der Waals surface area contributed by atoms with Crippen molar-refractivity contribution in [2.75, 3.05) is 7.11 Å². The van der Waals surface area contributed by atoms with E-state index >= 15 is 8.78 Å². The number of halogens is 2. The second-order valence-corrected chi connectivity index (χ2v) is 12.2. The lowest BCUT2D eigenvalue weighted by Gasteiger charge is -2.30. The largest absolute Gasteiger partial charge is 0.482 e. The number of ether oxygens (including phenoxy) is 2. The third kappa shape index (κ3) is 7.18. The number of nitrogens with zero attached hydrogens (tertiary/aromatic N) is 2. The van der Waals surface area contributed by atoms with Crippen LogP contribution in [0.1, 0.15) is 87.7 Å². The Bertz CT molecular complexity index is 1450. The van der Waals surface area contributed by atoms with Crippen LogP contribution in [0.4, 0.5) is 8.78 Å². The number of benzene rings is 2. The number of methoxy groups -OCH3 is 1. The summed E-state index contributed by atoms with van der Waals surface area (Å²) in [6, 6.07) is 11.8. The molecule has 0 bridgehead atoms. The Labute approximate surface area is 253 Å². The van der Waals surface area contributed by atoms with Crippen molar-refractivity contribution in [3.63, 3.8) is 0 Å². The number of rotatable bonds is 8. The minimum atomic E-state index is -0.964. The number of likely N-dealkylation sites (tertiary alicyclic amines) is 1. The van der Waals surface area contributed by atoms with Crippen LogP contribution in [0.2, 0.25) is 0 Å². The van der Waals surface area contributed by atoms with Gasteiger partial charge in [0, 0.05) is 30.3 Å². The van der Waals surface area contributed by atoms with E-state index in [2.05, 4.69) is 29.8 Å². The molecule has 0 spiro atoms. The molecule has 0 amide bonds. The standard InChI is InChI=1S/C32H36F2N2O4.C3H6/c1-18(32(37)38)13-23-8-7-21-10-12-28(40-31(21)30(23)34)22-9-11-25(26-15-29(39-4)35-16-27(26)33)24(14-22)17-36-19(2)5-6-20(36)3;1-2-3-1/h7-9,11,14-16,18-20,28H,5-6,10,12-13,17H2,1-4H3,(H,37,38);1-3H2/t18?,19-,20?,28?;/m1./s1. The molecule has 3 aromatic rings. The van der Waals surface area contributed by atoms with Crippen LogP contribution in [-0.4, -0.2) is 40.2 Å². The van der Waals surface area contributed by atoms with E-state index in [9.17, 15) is 9.90 Å². The third-order valence-electron chi connectivity index (χ3n) is 8.81. The Morgan fingerprint density at radius 2 is 1.77 bits per heavy atom. The Hall–Kier alpha value is -3.52. The van der Waals surface area contributed by atoms with E-state index in [0.29, 0.717) is 48.5 Å². The van der Waals surface area contributed by atoms with Crippen molar-refractivity contribution in [2.24, 2.45) is 5.92 Å². The summed E-state index contributed by atoms with van der Waals surface area (Å²) in [6.45, 7) is 6.65. The van der Waals surface area contributed by atoms with Gasteiger partial charge in [-0.1, -0.05) is 56.5 Å². The number of carboxylic acid groups (broad SMARTS) is 1. The SMILES string of the molecule is C1CC1.COc1cc(-c2ccc(C3CCc4ccc(CC(C)C(=O)O)c(F)c4O3)cc2CN2C(C)CC[C@H]2C)c(F)cn1. The summed E-state index contributed by atoms with van der Waals surface area (Å²) < 4.78 is 42.1. The fourth-order valence-corrected chi connectivity index (χ4v) is 5.96. The summed E-state index contributed by atoms with van der Waals surface area (Å²) in [6.07, 6.45) is 8.92. The van der Waals surface area contributed by atoms with Crippen LogP contribution in [0.25, 0.3) is 11.1 Å². The van der Waals surface area contributed by atoms with E-state index in [0.717, 1.165) is 35.1 Å². The molecular weight excluding hydrogens is 550 g/mol. The molecule has 4 atom stereocenters. The van der Waals surface area contributed by atoms with Crippen LogP contribution >= 0.6 is 0 Å². The van der Waals surface area contributed by atoms with Gasteiger partial charge >= 0.3 is 5.97 Å². The molecule has 2 aromatic carbocycles. The Kier molecular flexibility index (Phi) is 9.65. The molecular formula is C35H42F2N2O4. The van der Waals surface area contributed by atoms with Gasteiger partial charge in [-0.2, -0.15) is 0 Å². The minimum absolute atomic E-state index is 0.0917. The van der Waals surface area contributed by atoms with Crippen LogP contribution in [0, 0.1) is 17.6 Å². The zero-order valence-corrected chi connectivity index (χ0v) is 25.5. The van der Waals surface area contributed by atoms with Gasteiger partial charge in [0.25, 0.3) is 0 Å². The van der Waals surface area contributed by atoms with Crippen molar-refractivity contribution in [2.45, 2.75) is 96.9 Å². The molecule has 8 heteroatoms. The lowest BCUT2D eigenvalue weighted by molar-refractivity contribution is -0.141. The molecule has 1 saturated heterocycles. The molecule has 6 nitrogen and oxygen atoms in total. The van der Waals surface area contributed by atoms with E-state index in [1.165, 1.54) is 32.6 Å². The molecule has 230 valence electrons. The summed E-state index contributed by atoms with van der Waals surface area (Å²) in [4.78, 5) is 17.8. The number of hydrogen-bond donors (Lipinski definition) is 1. The monoisotopic (exact) mass is 592 g/mol. The molecule has 1 aliphatic carbocycles. The second-order valence-electron chi connectivity index (χ2n) is 12.2. The third-order valence-corrected chi connectivity index (χ3v) is 8.81. The van der Waals surface area contributed by atoms with Crippen molar-refractivity contribution < 1.29 is 28.2 Å². The summed E-state index contributed by atoms with van der Waals surface area (Å²) >= 11 is 0. The smallest absolute Gasteiger partial charge is 0.306 e. The first-order valence-electron chi connectivity index (χ1n) is 15.4. The van der Waals surface area contributed by atoms with Crippen LogP contribution < -0.4 is 9.47 Å². The molecule has 1 N–H and O–H groups in total. The quantitative estimate of drug-likeness (QED) is 0.287. The van der Waals surface area contributed by atoms with Gasteiger partial charge in [-0.15, -0.1) is 0 Å². The molecule has 43 heavy (non-hydrogen) atoms. The van der Waals surface area contributed by atoms with E-state index in [-0.39, 0.29) is 18.3 Å². The molecule has 3 aliphatic rings. The summed E-state index contributed by atoms with van der Waals surface area (Å²) in [7, 11) is 1.51. The van der Waals surface area contributed by atoms with E-state index in [4.69, 9.17) is 9.47 Å². The molecule has 3 heterocycles. The van der Waals surface area contributed by atoms with Crippen molar-refractivity contribution >= 4 is 5.97 Å². The first-order valence-corrected chi connectivity index (χ1v) is 15.4. The fourth-order valence-electron chi connectivity index (χ4n) is 5.96. The predicted molar refractivity (Wildman–Crippen MR) is 162 cm³/mol. The number of carboxylic acids is 1. The van der Waals surface area contributed by atoms with E-state index < -0.39 is 23.5 Å². The first kappa shape index (κ1) is 30.9. The Morgan fingerprint density at radius 3 is 2.42 bits per heavy atom. The zero-order valence-electron chi connectivity index (χ0n) is 25.5. The number of carbonyl (C=O) groups is 1. The molecule has 3 unspecified atom stereocenters. The average molecular weight is 593 g/mol. The van der Waals surface area contributed by atoms with Gasteiger partial charge < -0.3 is 14.6 Å². The van der Waals surface area contributed by atoms with E-state index in [1.807, 2.05) is 18.2 Å². The molecule has 1 saturated carbocycles. The maximum absolute atomic E-state index is 15.5. The first-order chi connectivity index (χ1) is 20.7. The van der Waals surface area contributed by atoms with Crippen LogP contribution in [-0.2, 0) is 24.2 Å². The lowest BCUT2D eigenvalue weighted by Crippen LogP contribution is -2.32. The lowest BCUT2D eigenvalue weighted by atomic mass is 9.91. The molecule has 0 radical (unpaired) electrons.